The molecule has 0 unspecified atom stereocenters. The van der Waals surface area contributed by atoms with Crippen LogP contribution in [-0.2, 0) is 21.2 Å². The SMILES string of the molecule is O=C1Cc2cc(S(=O)(=O)N(CCO)CCO)c(Br)cc2N1. The van der Waals surface area contributed by atoms with Crippen LogP contribution >= 0.6 is 15.9 Å². The van der Waals surface area contributed by atoms with Crippen molar-refractivity contribution in [1.82, 2.24) is 4.31 Å². The number of anilines is 1. The Labute approximate surface area is 130 Å². The molecule has 0 saturated carbocycles. The van der Waals surface area contributed by atoms with Crippen LogP contribution in [-0.4, -0.2) is 55.1 Å². The zero-order chi connectivity index (χ0) is 15.6. The lowest BCUT2D eigenvalue weighted by atomic mass is 10.2. The Morgan fingerprint density at radius 3 is 2.43 bits per heavy atom. The number of aliphatic hydroxyl groups is 2. The highest BCUT2D eigenvalue weighted by atomic mass is 79.9. The van der Waals surface area contributed by atoms with Crippen LogP contribution in [0.25, 0.3) is 0 Å². The molecular formula is C12H15BrN2O5S. The van der Waals surface area contributed by atoms with Crippen LogP contribution in [0.3, 0.4) is 0 Å². The van der Waals surface area contributed by atoms with E-state index in [0.29, 0.717) is 15.7 Å². The van der Waals surface area contributed by atoms with Gasteiger partial charge in [0.15, 0.2) is 0 Å². The van der Waals surface area contributed by atoms with Crippen LogP contribution in [0.4, 0.5) is 5.69 Å². The molecule has 0 aliphatic carbocycles. The van der Waals surface area contributed by atoms with E-state index >= 15 is 0 Å². The second kappa shape index (κ2) is 6.41. The van der Waals surface area contributed by atoms with Crippen molar-refractivity contribution in [3.63, 3.8) is 0 Å². The Bertz CT molecular complexity index is 656. The highest BCUT2D eigenvalue weighted by Crippen LogP contribution is 2.33. The first-order valence-corrected chi connectivity index (χ1v) is 8.47. The Balaban J connectivity index is 2.45. The number of nitrogens with zero attached hydrogens (tertiary/aromatic N) is 1. The van der Waals surface area contributed by atoms with Crippen molar-refractivity contribution >= 4 is 37.5 Å². The minimum atomic E-state index is -3.87. The molecule has 1 amide bonds. The van der Waals surface area contributed by atoms with Crippen molar-refractivity contribution in [3.05, 3.63) is 22.2 Å². The predicted molar refractivity (Wildman–Crippen MR) is 79.4 cm³/mol. The van der Waals surface area contributed by atoms with Gasteiger partial charge in [0, 0.05) is 23.2 Å². The molecule has 2 rings (SSSR count). The molecular weight excluding hydrogens is 364 g/mol. The van der Waals surface area contributed by atoms with Crippen molar-refractivity contribution in [1.29, 1.82) is 0 Å². The fourth-order valence-corrected chi connectivity index (χ4v) is 4.61. The van der Waals surface area contributed by atoms with Crippen molar-refractivity contribution in [2.45, 2.75) is 11.3 Å². The lowest BCUT2D eigenvalue weighted by Crippen LogP contribution is -2.36. The minimum Gasteiger partial charge on any atom is -0.395 e. The third-order valence-corrected chi connectivity index (χ3v) is 5.96. The van der Waals surface area contributed by atoms with Crippen molar-refractivity contribution in [2.75, 3.05) is 31.6 Å². The van der Waals surface area contributed by atoms with Gasteiger partial charge in [-0.1, -0.05) is 0 Å². The standard InChI is InChI=1S/C12H15BrN2O5S/c13-9-7-10-8(6-12(18)14-10)5-11(9)21(19,20)15(1-3-16)2-4-17/h5,7,16-17H,1-4,6H2,(H,14,18). The third-order valence-electron chi connectivity index (χ3n) is 3.10. The summed E-state index contributed by atoms with van der Waals surface area (Å²) in [6, 6.07) is 2.98. The minimum absolute atomic E-state index is 0.0136. The van der Waals surface area contributed by atoms with Crippen LogP contribution in [0.1, 0.15) is 5.56 Å². The Hall–Kier alpha value is -1.00. The predicted octanol–water partition coefficient (Wildman–Crippen LogP) is -0.0810. The quantitative estimate of drug-likeness (QED) is 0.641. The van der Waals surface area contributed by atoms with Gasteiger partial charge in [0.25, 0.3) is 0 Å². The number of amides is 1. The summed E-state index contributed by atoms with van der Waals surface area (Å²) in [5.41, 5.74) is 1.19. The number of aliphatic hydroxyl groups excluding tert-OH is 2. The highest BCUT2D eigenvalue weighted by Gasteiger charge is 2.29. The van der Waals surface area contributed by atoms with E-state index in [-0.39, 0.29) is 43.5 Å². The number of carbonyl (C=O) groups excluding carboxylic acids is 1. The molecule has 0 fully saturated rings. The van der Waals surface area contributed by atoms with Gasteiger partial charge in [-0.3, -0.25) is 4.79 Å². The number of halogens is 1. The van der Waals surface area contributed by atoms with Crippen LogP contribution in [0.15, 0.2) is 21.5 Å². The molecule has 1 aromatic carbocycles. The van der Waals surface area contributed by atoms with Gasteiger partial charge in [0.1, 0.15) is 0 Å². The zero-order valence-electron chi connectivity index (χ0n) is 11.0. The smallest absolute Gasteiger partial charge is 0.244 e. The number of hydrogen-bond donors (Lipinski definition) is 3. The van der Waals surface area contributed by atoms with Gasteiger partial charge in [-0.15, -0.1) is 0 Å². The van der Waals surface area contributed by atoms with E-state index in [2.05, 4.69) is 21.2 Å². The summed E-state index contributed by atoms with van der Waals surface area (Å²) in [5, 5.41) is 20.6. The summed E-state index contributed by atoms with van der Waals surface area (Å²) >= 11 is 3.19. The average molecular weight is 379 g/mol. The fourth-order valence-electron chi connectivity index (χ4n) is 2.14. The first kappa shape index (κ1) is 16.4. The van der Waals surface area contributed by atoms with Crippen molar-refractivity contribution in [2.24, 2.45) is 0 Å². The average Bonchev–Trinajstić information content (AvgIpc) is 2.76. The maximum Gasteiger partial charge on any atom is 0.244 e. The molecule has 1 aliphatic heterocycles. The van der Waals surface area contributed by atoms with E-state index in [1.165, 1.54) is 6.07 Å². The zero-order valence-corrected chi connectivity index (χ0v) is 13.4. The van der Waals surface area contributed by atoms with Gasteiger partial charge in [-0.05, 0) is 33.6 Å². The number of rotatable bonds is 6. The molecule has 0 aromatic heterocycles. The summed E-state index contributed by atoms with van der Waals surface area (Å²) in [5.74, 6) is -0.186. The van der Waals surface area contributed by atoms with Crippen molar-refractivity contribution in [3.8, 4) is 0 Å². The molecule has 0 spiro atoms. The van der Waals surface area contributed by atoms with Gasteiger partial charge in [0.05, 0.1) is 24.5 Å². The molecule has 21 heavy (non-hydrogen) atoms. The van der Waals surface area contributed by atoms with E-state index in [1.807, 2.05) is 0 Å². The molecule has 9 heteroatoms. The molecule has 0 bridgehead atoms. The number of fused-ring (bicyclic) bond motifs is 1. The first-order valence-electron chi connectivity index (χ1n) is 6.24. The molecule has 1 aromatic rings. The van der Waals surface area contributed by atoms with Crippen molar-refractivity contribution < 1.29 is 23.4 Å². The summed E-state index contributed by atoms with van der Waals surface area (Å²) in [6.45, 7) is -0.906. The number of hydrogen-bond acceptors (Lipinski definition) is 5. The van der Waals surface area contributed by atoms with Gasteiger partial charge in [-0.25, -0.2) is 8.42 Å². The highest BCUT2D eigenvalue weighted by molar-refractivity contribution is 9.10. The maximum absolute atomic E-state index is 12.6. The van der Waals surface area contributed by atoms with Gasteiger partial charge < -0.3 is 15.5 Å². The normalized spacial score (nSPS) is 14.4. The summed E-state index contributed by atoms with van der Waals surface area (Å²) < 4.78 is 26.5. The first-order chi connectivity index (χ1) is 9.90. The van der Waals surface area contributed by atoms with Crippen LogP contribution < -0.4 is 5.32 Å². The third kappa shape index (κ3) is 3.27. The van der Waals surface area contributed by atoms with E-state index in [9.17, 15) is 13.2 Å². The maximum atomic E-state index is 12.6. The second-order valence-electron chi connectivity index (χ2n) is 4.52. The van der Waals surface area contributed by atoms with E-state index in [4.69, 9.17) is 10.2 Å². The molecule has 1 aliphatic rings. The van der Waals surface area contributed by atoms with Crippen LogP contribution in [0.5, 0.6) is 0 Å². The van der Waals surface area contributed by atoms with E-state index in [1.54, 1.807) is 6.07 Å². The molecule has 0 radical (unpaired) electrons. The second-order valence-corrected chi connectivity index (χ2v) is 7.28. The van der Waals surface area contributed by atoms with E-state index < -0.39 is 10.0 Å². The number of sulfonamides is 1. The largest absolute Gasteiger partial charge is 0.395 e. The Morgan fingerprint density at radius 1 is 1.24 bits per heavy atom. The molecule has 116 valence electrons. The lowest BCUT2D eigenvalue weighted by Gasteiger charge is -2.21. The van der Waals surface area contributed by atoms with Gasteiger partial charge in [-0.2, -0.15) is 4.31 Å². The van der Waals surface area contributed by atoms with Crippen LogP contribution in [0, 0.1) is 0 Å². The number of benzene rings is 1. The fraction of sp³-hybridized carbons (Fsp3) is 0.417. The van der Waals surface area contributed by atoms with Gasteiger partial charge >= 0.3 is 0 Å². The van der Waals surface area contributed by atoms with Gasteiger partial charge in [0.2, 0.25) is 15.9 Å². The molecule has 3 N–H and O–H groups in total. The Kier molecular flexibility index (Phi) is 4.99. The summed E-state index contributed by atoms with van der Waals surface area (Å²) in [4.78, 5) is 11.4. The number of nitrogens with one attached hydrogen (secondary N) is 1. The molecule has 0 saturated heterocycles. The summed E-state index contributed by atoms with van der Waals surface area (Å²) in [7, 11) is -3.87. The van der Waals surface area contributed by atoms with Crippen LogP contribution in [0.2, 0.25) is 0 Å². The molecule has 7 nitrogen and oxygen atoms in total. The number of carbonyl (C=O) groups is 1. The molecule has 0 atom stereocenters. The monoisotopic (exact) mass is 378 g/mol. The topological polar surface area (TPSA) is 107 Å². The Morgan fingerprint density at radius 2 is 1.86 bits per heavy atom. The van der Waals surface area contributed by atoms with E-state index in [0.717, 1.165) is 4.31 Å². The lowest BCUT2D eigenvalue weighted by molar-refractivity contribution is -0.115. The molecule has 1 heterocycles. The summed E-state index contributed by atoms with van der Waals surface area (Å²) in [6.07, 6.45) is 0.130.